The van der Waals surface area contributed by atoms with Gasteiger partial charge in [0, 0.05) is 43.9 Å². The lowest BCUT2D eigenvalue weighted by atomic mass is 9.96. The maximum Gasteiger partial charge on any atom is 0.270 e. The van der Waals surface area contributed by atoms with Crippen LogP contribution in [0.15, 0.2) is 47.4 Å². The summed E-state index contributed by atoms with van der Waals surface area (Å²) in [4.78, 5) is 24.9. The lowest BCUT2D eigenvalue weighted by Crippen LogP contribution is -2.43. The molecule has 0 saturated carbocycles. The molecule has 160 valence electrons. The first-order valence-electron chi connectivity index (χ1n) is 9.70. The van der Waals surface area contributed by atoms with Crippen LogP contribution in [0.2, 0.25) is 0 Å². The van der Waals surface area contributed by atoms with E-state index in [0.717, 1.165) is 17.3 Å². The fourth-order valence-electron chi connectivity index (χ4n) is 3.70. The first-order chi connectivity index (χ1) is 14.1. The third-order valence-corrected chi connectivity index (χ3v) is 7.56. The number of carbonyl (C=O) groups excluding carboxylic acids is 1. The average Bonchev–Trinajstić information content (AvgIpc) is 2.72. The van der Waals surface area contributed by atoms with Crippen molar-refractivity contribution in [1.82, 2.24) is 4.31 Å². The van der Waals surface area contributed by atoms with E-state index in [4.69, 9.17) is 0 Å². The minimum Gasteiger partial charge on any atom is -0.315 e. The SMILES string of the molecule is Cc1cccc(N(C)C(=O)C2CCN(S(=O)(=O)c3cc([N+](=O)[O-])ccc3C)CC2)c1. The summed E-state index contributed by atoms with van der Waals surface area (Å²) in [6.07, 6.45) is 0.810. The summed E-state index contributed by atoms with van der Waals surface area (Å²) in [7, 11) is -2.14. The predicted octanol–water partition coefficient (Wildman–Crippen LogP) is 3.28. The van der Waals surface area contributed by atoms with Crippen LogP contribution in [0.25, 0.3) is 0 Å². The van der Waals surface area contributed by atoms with Gasteiger partial charge in [-0.1, -0.05) is 18.2 Å². The second kappa shape index (κ2) is 8.53. The normalized spacial score (nSPS) is 15.7. The molecule has 0 atom stereocenters. The number of hydrogen-bond acceptors (Lipinski definition) is 5. The Hall–Kier alpha value is -2.78. The van der Waals surface area contributed by atoms with Crippen LogP contribution < -0.4 is 4.90 Å². The molecule has 2 aromatic carbocycles. The number of hydrogen-bond donors (Lipinski definition) is 0. The van der Waals surface area contributed by atoms with Crippen LogP contribution >= 0.6 is 0 Å². The quantitative estimate of drug-likeness (QED) is 0.534. The fourth-order valence-corrected chi connectivity index (χ4v) is 5.41. The summed E-state index contributed by atoms with van der Waals surface area (Å²) in [5, 5.41) is 11.0. The van der Waals surface area contributed by atoms with Gasteiger partial charge in [0.15, 0.2) is 0 Å². The predicted molar refractivity (Wildman–Crippen MR) is 114 cm³/mol. The summed E-state index contributed by atoms with van der Waals surface area (Å²) < 4.78 is 27.4. The number of benzene rings is 2. The third-order valence-electron chi connectivity index (χ3n) is 5.52. The highest BCUT2D eigenvalue weighted by atomic mass is 32.2. The number of amides is 1. The van der Waals surface area contributed by atoms with Gasteiger partial charge >= 0.3 is 0 Å². The van der Waals surface area contributed by atoms with Gasteiger partial charge in [-0.05, 0) is 49.9 Å². The maximum absolute atomic E-state index is 13.1. The van der Waals surface area contributed by atoms with Gasteiger partial charge in [0.2, 0.25) is 15.9 Å². The fraction of sp³-hybridized carbons (Fsp3) is 0.381. The van der Waals surface area contributed by atoms with E-state index in [9.17, 15) is 23.3 Å². The molecule has 30 heavy (non-hydrogen) atoms. The lowest BCUT2D eigenvalue weighted by molar-refractivity contribution is -0.385. The van der Waals surface area contributed by atoms with E-state index < -0.39 is 14.9 Å². The molecular formula is C21H25N3O5S. The molecule has 1 heterocycles. The van der Waals surface area contributed by atoms with E-state index in [1.165, 1.54) is 16.4 Å². The third kappa shape index (κ3) is 4.36. The zero-order valence-electron chi connectivity index (χ0n) is 17.2. The topological polar surface area (TPSA) is 101 Å². The Morgan fingerprint density at radius 2 is 1.80 bits per heavy atom. The Balaban J connectivity index is 1.72. The number of aryl methyl sites for hydroxylation is 2. The highest BCUT2D eigenvalue weighted by molar-refractivity contribution is 7.89. The summed E-state index contributed by atoms with van der Waals surface area (Å²) in [5.41, 5.74) is 2.06. The zero-order chi connectivity index (χ0) is 22.1. The number of sulfonamides is 1. The number of nitrogens with zero attached hydrogens (tertiary/aromatic N) is 3. The van der Waals surface area contributed by atoms with E-state index in [1.54, 1.807) is 18.9 Å². The molecule has 9 heteroatoms. The van der Waals surface area contributed by atoms with Gasteiger partial charge in [0.1, 0.15) is 0 Å². The number of nitro benzene ring substituents is 1. The molecule has 1 fully saturated rings. The zero-order valence-corrected chi connectivity index (χ0v) is 18.1. The van der Waals surface area contributed by atoms with Crippen LogP contribution in [-0.2, 0) is 14.8 Å². The van der Waals surface area contributed by atoms with E-state index in [2.05, 4.69) is 0 Å². The number of non-ortho nitro benzene ring substituents is 1. The monoisotopic (exact) mass is 431 g/mol. The molecule has 1 aliphatic heterocycles. The van der Waals surface area contributed by atoms with Crippen LogP contribution in [0.3, 0.4) is 0 Å². The molecule has 0 radical (unpaired) electrons. The highest BCUT2D eigenvalue weighted by Gasteiger charge is 2.34. The largest absolute Gasteiger partial charge is 0.315 e. The Kier molecular flexibility index (Phi) is 6.23. The van der Waals surface area contributed by atoms with Gasteiger partial charge in [-0.15, -0.1) is 0 Å². The smallest absolute Gasteiger partial charge is 0.270 e. The summed E-state index contributed by atoms with van der Waals surface area (Å²) in [6.45, 7) is 3.97. The van der Waals surface area contributed by atoms with Gasteiger partial charge in [-0.3, -0.25) is 14.9 Å². The number of nitro groups is 1. The molecule has 8 nitrogen and oxygen atoms in total. The van der Waals surface area contributed by atoms with E-state index in [-0.39, 0.29) is 35.5 Å². The molecule has 1 amide bonds. The van der Waals surface area contributed by atoms with E-state index in [1.807, 2.05) is 31.2 Å². The Bertz CT molecular complexity index is 1080. The van der Waals surface area contributed by atoms with Crippen LogP contribution in [0.4, 0.5) is 11.4 Å². The minimum absolute atomic E-state index is 0.0378. The van der Waals surface area contributed by atoms with Crippen LogP contribution in [0.5, 0.6) is 0 Å². The maximum atomic E-state index is 13.1. The van der Waals surface area contributed by atoms with E-state index in [0.29, 0.717) is 18.4 Å². The number of rotatable bonds is 5. The Morgan fingerprint density at radius 1 is 1.13 bits per heavy atom. The standard InChI is InChI=1S/C21H25N3O5S/c1-15-5-4-6-18(13-15)22(3)21(25)17-9-11-23(12-10-17)30(28,29)20-14-19(24(26)27)8-7-16(20)2/h4-8,13-14,17H,9-12H2,1-3H3. The van der Waals surface area contributed by atoms with Crippen molar-refractivity contribution in [2.24, 2.45) is 5.92 Å². The summed E-state index contributed by atoms with van der Waals surface area (Å²) in [6, 6.07) is 11.5. The van der Waals surface area contributed by atoms with Gasteiger partial charge in [0.05, 0.1) is 9.82 Å². The summed E-state index contributed by atoms with van der Waals surface area (Å²) in [5.74, 6) is -0.308. The Labute approximate surface area is 176 Å². The number of carbonyl (C=O) groups is 1. The van der Waals surface area contributed by atoms with Crippen molar-refractivity contribution >= 4 is 27.3 Å². The molecule has 0 N–H and O–H groups in total. The van der Waals surface area contributed by atoms with Crippen molar-refractivity contribution < 1.29 is 18.1 Å². The van der Waals surface area contributed by atoms with Gasteiger partial charge in [-0.2, -0.15) is 4.31 Å². The number of piperidine rings is 1. The molecule has 0 aromatic heterocycles. The molecule has 0 aliphatic carbocycles. The van der Waals surface area contributed by atoms with Gasteiger partial charge < -0.3 is 4.90 Å². The van der Waals surface area contributed by atoms with Crippen molar-refractivity contribution in [2.45, 2.75) is 31.6 Å². The van der Waals surface area contributed by atoms with Crippen molar-refractivity contribution in [3.05, 3.63) is 63.7 Å². The molecular weight excluding hydrogens is 406 g/mol. The molecule has 0 unspecified atom stereocenters. The Morgan fingerprint density at radius 3 is 2.40 bits per heavy atom. The van der Waals surface area contributed by atoms with E-state index >= 15 is 0 Å². The van der Waals surface area contributed by atoms with Crippen molar-refractivity contribution in [1.29, 1.82) is 0 Å². The van der Waals surface area contributed by atoms with Crippen molar-refractivity contribution in [3.63, 3.8) is 0 Å². The molecule has 1 saturated heterocycles. The first kappa shape index (κ1) is 21.9. The van der Waals surface area contributed by atoms with Crippen LogP contribution in [-0.4, -0.2) is 43.7 Å². The number of anilines is 1. The molecule has 2 aromatic rings. The lowest BCUT2D eigenvalue weighted by Gasteiger charge is -2.32. The first-order valence-corrected chi connectivity index (χ1v) is 11.1. The second-order valence-corrected chi connectivity index (χ2v) is 9.53. The minimum atomic E-state index is -3.87. The highest BCUT2D eigenvalue weighted by Crippen LogP contribution is 2.29. The molecule has 3 rings (SSSR count). The van der Waals surface area contributed by atoms with Crippen LogP contribution in [0, 0.1) is 29.9 Å². The molecule has 0 spiro atoms. The average molecular weight is 432 g/mol. The summed E-state index contributed by atoms with van der Waals surface area (Å²) >= 11 is 0. The van der Waals surface area contributed by atoms with Gasteiger partial charge in [-0.25, -0.2) is 8.42 Å². The van der Waals surface area contributed by atoms with Crippen molar-refractivity contribution in [3.8, 4) is 0 Å². The van der Waals surface area contributed by atoms with Crippen LogP contribution in [0.1, 0.15) is 24.0 Å². The molecule has 0 bridgehead atoms. The molecule has 1 aliphatic rings. The second-order valence-electron chi connectivity index (χ2n) is 7.62. The van der Waals surface area contributed by atoms with Crippen molar-refractivity contribution in [2.75, 3.05) is 25.0 Å². The van der Waals surface area contributed by atoms with Gasteiger partial charge in [0.25, 0.3) is 5.69 Å².